The van der Waals surface area contributed by atoms with Crippen molar-refractivity contribution in [1.82, 2.24) is 4.90 Å². The molecule has 1 unspecified atom stereocenters. The molecular weight excluding hydrogens is 282 g/mol. The average Bonchev–Trinajstić information content (AvgIpc) is 2.48. The first-order valence-corrected chi connectivity index (χ1v) is 7.34. The minimum absolute atomic E-state index is 0.224. The van der Waals surface area contributed by atoms with Gasteiger partial charge in [0.2, 0.25) is 5.91 Å². The zero-order valence-electron chi connectivity index (χ0n) is 14.0. The summed E-state index contributed by atoms with van der Waals surface area (Å²) in [7, 11) is 3.46. The number of nitrogens with two attached hydrogens (primary N) is 2. The average molecular weight is 311 g/mol. The van der Waals surface area contributed by atoms with E-state index >= 15 is 0 Å². The Hall–Kier alpha value is -1.63. The molecule has 0 aromatic heterocycles. The Morgan fingerprint density at radius 1 is 1.27 bits per heavy atom. The first-order chi connectivity index (χ1) is 10.4. The van der Waals surface area contributed by atoms with Gasteiger partial charge in [-0.2, -0.15) is 0 Å². The van der Waals surface area contributed by atoms with Crippen molar-refractivity contribution in [1.29, 1.82) is 0 Å². The second-order valence-corrected chi connectivity index (χ2v) is 5.29. The predicted molar refractivity (Wildman–Crippen MR) is 88.7 cm³/mol. The number of carbonyl (C=O) groups is 1. The Morgan fingerprint density at radius 2 is 1.82 bits per heavy atom. The van der Waals surface area contributed by atoms with Crippen molar-refractivity contribution >= 4 is 5.91 Å². The number of benzene rings is 1. The topological polar surface area (TPSA) is 102 Å². The zero-order chi connectivity index (χ0) is 17.1. The summed E-state index contributed by atoms with van der Waals surface area (Å²) in [6.45, 7) is 4.96. The van der Waals surface area contributed by atoms with E-state index in [-0.39, 0.29) is 18.9 Å². The first kappa shape index (κ1) is 20.4. The van der Waals surface area contributed by atoms with Crippen LogP contribution in [0.3, 0.4) is 0 Å². The number of hydrogen-bond acceptors (Lipinski definition) is 5. The van der Waals surface area contributed by atoms with Crippen molar-refractivity contribution in [3.05, 3.63) is 29.8 Å². The van der Waals surface area contributed by atoms with Gasteiger partial charge < -0.3 is 26.2 Å². The molecule has 5 N–H and O–H groups in total. The van der Waals surface area contributed by atoms with E-state index in [2.05, 4.69) is 24.5 Å². The number of nitrogens with zero attached hydrogens (tertiary/aromatic N) is 1. The Kier molecular flexibility index (Phi) is 10.2. The predicted octanol–water partition coefficient (Wildman–Crippen LogP) is 0.369. The molecule has 1 aromatic rings. The second-order valence-electron chi connectivity index (χ2n) is 5.29. The maximum absolute atomic E-state index is 10.8. The number of ether oxygens (including phenoxy) is 1. The maximum Gasteiger partial charge on any atom is 0.221 e. The fraction of sp³-hybridized carbons (Fsp3) is 0.562. The number of likely N-dealkylation sites (N-methyl/N-ethyl adjacent to an activating group) is 1. The van der Waals surface area contributed by atoms with Crippen molar-refractivity contribution < 1.29 is 14.6 Å². The van der Waals surface area contributed by atoms with Gasteiger partial charge in [0.15, 0.2) is 0 Å². The van der Waals surface area contributed by atoms with Gasteiger partial charge in [-0.1, -0.05) is 12.1 Å². The molecule has 0 saturated carbocycles. The second kappa shape index (κ2) is 11.0. The minimum atomic E-state index is -0.535. The highest BCUT2D eigenvalue weighted by molar-refractivity contribution is 5.76. The summed E-state index contributed by atoms with van der Waals surface area (Å²) >= 11 is 0. The third kappa shape index (κ3) is 8.61. The fourth-order valence-corrected chi connectivity index (χ4v) is 1.69. The molecule has 22 heavy (non-hydrogen) atoms. The molecule has 0 aliphatic rings. The summed E-state index contributed by atoms with van der Waals surface area (Å²) < 4.78 is 5.52. The van der Waals surface area contributed by atoms with Crippen molar-refractivity contribution in [2.24, 2.45) is 11.5 Å². The van der Waals surface area contributed by atoms with Crippen molar-refractivity contribution in [2.75, 3.05) is 27.2 Å². The Balaban J connectivity index is 0.00000211. The smallest absolute Gasteiger partial charge is 0.221 e. The highest BCUT2D eigenvalue weighted by atomic mass is 16.5. The van der Waals surface area contributed by atoms with Gasteiger partial charge in [0.1, 0.15) is 18.5 Å². The maximum atomic E-state index is 10.8. The molecule has 0 heterocycles. The Bertz CT molecular complexity index is 421. The molecule has 6 heteroatoms. The monoisotopic (exact) mass is 311 g/mol. The van der Waals surface area contributed by atoms with E-state index in [0.717, 1.165) is 5.56 Å². The number of primary amides is 1. The molecule has 0 fully saturated rings. The number of carbonyl (C=O) groups excluding carboxylic acids is 1. The lowest BCUT2D eigenvalue weighted by atomic mass is 10.1. The van der Waals surface area contributed by atoms with Crippen LogP contribution in [0.4, 0.5) is 0 Å². The van der Waals surface area contributed by atoms with E-state index in [0.29, 0.717) is 18.3 Å². The molecule has 0 bridgehead atoms. The number of aliphatic hydroxyl groups excluding tert-OH is 1. The van der Waals surface area contributed by atoms with Crippen LogP contribution >= 0.6 is 0 Å². The normalized spacial score (nSPS) is 11.8. The molecule has 126 valence electrons. The van der Waals surface area contributed by atoms with Crippen molar-refractivity contribution in [3.63, 3.8) is 0 Å². The number of rotatable bonds is 8. The molecule has 1 rings (SSSR count). The molecule has 1 amide bonds. The number of aliphatic hydroxyl groups is 1. The summed E-state index contributed by atoms with van der Waals surface area (Å²) in [6, 6.07) is 7.53. The van der Waals surface area contributed by atoms with Gasteiger partial charge in [0.05, 0.1) is 6.42 Å². The molecule has 6 nitrogen and oxygen atoms in total. The molecule has 0 aliphatic carbocycles. The Labute approximate surface area is 133 Å². The van der Waals surface area contributed by atoms with Gasteiger partial charge in [-0.3, -0.25) is 4.79 Å². The molecule has 0 radical (unpaired) electrons. The lowest BCUT2D eigenvalue weighted by molar-refractivity contribution is -0.117. The fourth-order valence-electron chi connectivity index (χ4n) is 1.69. The number of amides is 1. The third-order valence-corrected chi connectivity index (χ3v) is 3.12. The van der Waals surface area contributed by atoms with E-state index in [1.165, 1.54) is 7.05 Å². The number of hydrogen-bond donors (Lipinski definition) is 3. The highest BCUT2D eigenvalue weighted by Gasteiger charge is 2.11. The van der Waals surface area contributed by atoms with Crippen LogP contribution in [0.2, 0.25) is 0 Å². The molecule has 1 atom stereocenters. The molecular formula is C16H29N3O3. The quantitative estimate of drug-likeness (QED) is 0.644. The van der Waals surface area contributed by atoms with E-state index in [4.69, 9.17) is 10.5 Å². The summed E-state index contributed by atoms with van der Waals surface area (Å²) in [5.74, 6) is 0.315. The first-order valence-electron chi connectivity index (χ1n) is 7.34. The van der Waals surface area contributed by atoms with Crippen molar-refractivity contribution in [2.45, 2.75) is 32.4 Å². The van der Waals surface area contributed by atoms with Gasteiger partial charge in [-0.05, 0) is 45.6 Å². The van der Waals surface area contributed by atoms with Crippen LogP contribution in [0.5, 0.6) is 5.75 Å². The van der Waals surface area contributed by atoms with Crippen LogP contribution < -0.4 is 16.2 Å². The molecule has 0 spiro atoms. The van der Waals surface area contributed by atoms with E-state index in [1.54, 1.807) is 24.3 Å². The van der Waals surface area contributed by atoms with Crippen LogP contribution in [0.15, 0.2) is 24.3 Å². The van der Waals surface area contributed by atoms with Crippen LogP contribution in [-0.4, -0.2) is 55.3 Å². The van der Waals surface area contributed by atoms with E-state index in [1.807, 2.05) is 7.05 Å². The summed E-state index contributed by atoms with van der Waals surface area (Å²) in [4.78, 5) is 12.8. The highest BCUT2D eigenvalue weighted by Crippen LogP contribution is 2.13. The standard InChI is InChI=1S/C15H24N2O3.CH5N/c1-11(2)17(3)9-13(18)10-20-14-6-4-12(5-7-14)8-15(16)19;1-2/h4-7,11,13,18H,8-10H2,1-3H3,(H2,16,19);2H2,1H3. The zero-order valence-corrected chi connectivity index (χ0v) is 14.0. The third-order valence-electron chi connectivity index (χ3n) is 3.12. The van der Waals surface area contributed by atoms with E-state index < -0.39 is 6.10 Å². The largest absolute Gasteiger partial charge is 0.491 e. The van der Waals surface area contributed by atoms with Gasteiger partial charge >= 0.3 is 0 Å². The SMILES string of the molecule is CC(C)N(C)CC(O)COc1ccc(CC(N)=O)cc1.CN. The van der Waals surface area contributed by atoms with Gasteiger partial charge in [0, 0.05) is 12.6 Å². The minimum Gasteiger partial charge on any atom is -0.491 e. The lowest BCUT2D eigenvalue weighted by Gasteiger charge is -2.24. The van der Waals surface area contributed by atoms with Crippen molar-refractivity contribution in [3.8, 4) is 5.75 Å². The van der Waals surface area contributed by atoms with Gasteiger partial charge in [0.25, 0.3) is 0 Å². The molecule has 1 aromatic carbocycles. The van der Waals surface area contributed by atoms with Crippen LogP contribution in [0.25, 0.3) is 0 Å². The lowest BCUT2D eigenvalue weighted by Crippen LogP contribution is -2.36. The van der Waals surface area contributed by atoms with Crippen LogP contribution in [0, 0.1) is 0 Å². The summed E-state index contributed by atoms with van der Waals surface area (Å²) in [5.41, 5.74) is 10.5. The van der Waals surface area contributed by atoms with Crippen LogP contribution in [0.1, 0.15) is 19.4 Å². The van der Waals surface area contributed by atoms with Gasteiger partial charge in [-0.15, -0.1) is 0 Å². The van der Waals surface area contributed by atoms with Crippen LogP contribution in [-0.2, 0) is 11.2 Å². The molecule has 0 saturated heterocycles. The summed E-state index contributed by atoms with van der Waals surface area (Å²) in [5, 5.41) is 9.88. The molecule has 0 aliphatic heterocycles. The summed E-state index contributed by atoms with van der Waals surface area (Å²) in [6.07, 6.45) is -0.310. The van der Waals surface area contributed by atoms with E-state index in [9.17, 15) is 9.90 Å². The van der Waals surface area contributed by atoms with Gasteiger partial charge in [-0.25, -0.2) is 0 Å². The Morgan fingerprint density at radius 3 is 2.27 bits per heavy atom.